The van der Waals surface area contributed by atoms with Crippen LogP contribution in [0.4, 0.5) is 0 Å². The van der Waals surface area contributed by atoms with Crippen molar-refractivity contribution in [2.75, 3.05) is 13.2 Å². The Morgan fingerprint density at radius 3 is 2.19 bits per heavy atom. The molecule has 0 aromatic rings. The second-order valence-corrected chi connectivity index (χ2v) is 7.38. The van der Waals surface area contributed by atoms with Crippen LogP contribution in [0.1, 0.15) is 38.5 Å². The zero-order valence-electron chi connectivity index (χ0n) is 17.4. The largest absolute Gasteiger partial charge is 0.481 e. The van der Waals surface area contributed by atoms with Gasteiger partial charge in [-0.2, -0.15) is 0 Å². The van der Waals surface area contributed by atoms with Gasteiger partial charge in [0.1, 0.15) is 18.1 Å². The Hall–Kier alpha value is -3.26. The lowest BCUT2D eigenvalue weighted by Gasteiger charge is -2.28. The summed E-state index contributed by atoms with van der Waals surface area (Å²) in [6.07, 6.45) is -0.237. The van der Waals surface area contributed by atoms with E-state index in [4.69, 9.17) is 21.7 Å². The van der Waals surface area contributed by atoms with Crippen molar-refractivity contribution < 1.29 is 44.1 Å². The first-order valence-electron chi connectivity index (χ1n) is 9.98. The molecule has 14 nitrogen and oxygen atoms in total. The number of carboxylic acids is 2. The van der Waals surface area contributed by atoms with E-state index in [9.17, 15) is 33.9 Å². The minimum atomic E-state index is -1.53. The van der Waals surface area contributed by atoms with Gasteiger partial charge in [0.05, 0.1) is 12.6 Å². The molecule has 1 fully saturated rings. The number of carbonyl (C=O) groups is 6. The minimum Gasteiger partial charge on any atom is -0.481 e. The fourth-order valence-corrected chi connectivity index (χ4v) is 3.20. The summed E-state index contributed by atoms with van der Waals surface area (Å²) in [4.78, 5) is 71.5. The normalized spacial score (nSPS) is 18.3. The number of primary amides is 1. The van der Waals surface area contributed by atoms with Crippen molar-refractivity contribution in [3.63, 3.8) is 0 Å². The van der Waals surface area contributed by atoms with Crippen molar-refractivity contribution in [3.05, 3.63) is 0 Å². The summed E-state index contributed by atoms with van der Waals surface area (Å²) in [7, 11) is 0. The number of hydrogen-bond acceptors (Lipinski definition) is 8. The SMILES string of the molecule is NC(=O)CCC(N)C(=O)N1CCCC1C(=O)NC(CO)C(=O)NC(CCC(=O)O)C(=O)O. The predicted octanol–water partition coefficient (Wildman–Crippen LogP) is -3.52. The minimum absolute atomic E-state index is 0.00754. The maximum absolute atomic E-state index is 12.7. The number of hydrogen-bond donors (Lipinski definition) is 7. The first kappa shape index (κ1) is 26.8. The Bertz CT molecular complexity index is 744. The van der Waals surface area contributed by atoms with Gasteiger partial charge in [-0.05, 0) is 25.7 Å². The fourth-order valence-electron chi connectivity index (χ4n) is 3.20. The quantitative estimate of drug-likeness (QED) is 0.143. The molecule has 0 spiro atoms. The molecule has 4 amide bonds. The number of amides is 4. The lowest BCUT2D eigenvalue weighted by molar-refractivity contribution is -0.144. The van der Waals surface area contributed by atoms with E-state index in [0.29, 0.717) is 6.42 Å². The van der Waals surface area contributed by atoms with Crippen LogP contribution in [0.15, 0.2) is 0 Å². The van der Waals surface area contributed by atoms with Crippen molar-refractivity contribution in [3.8, 4) is 0 Å². The molecule has 1 aliphatic heterocycles. The van der Waals surface area contributed by atoms with Crippen LogP contribution < -0.4 is 22.1 Å². The molecule has 0 aliphatic carbocycles. The molecule has 180 valence electrons. The fraction of sp³-hybridized carbons (Fsp3) is 0.667. The number of aliphatic carboxylic acids is 2. The number of nitrogens with one attached hydrogen (secondary N) is 2. The van der Waals surface area contributed by atoms with E-state index in [1.807, 2.05) is 0 Å². The van der Waals surface area contributed by atoms with Gasteiger partial charge in [-0.15, -0.1) is 0 Å². The molecular weight excluding hydrogens is 430 g/mol. The van der Waals surface area contributed by atoms with Crippen molar-refractivity contribution in [2.24, 2.45) is 11.5 Å². The molecule has 14 heteroatoms. The molecule has 1 saturated heterocycles. The summed E-state index contributed by atoms with van der Waals surface area (Å²) in [6, 6.07) is -5.06. The third kappa shape index (κ3) is 8.11. The highest BCUT2D eigenvalue weighted by Crippen LogP contribution is 2.19. The molecule has 9 N–H and O–H groups in total. The maximum Gasteiger partial charge on any atom is 0.326 e. The number of nitrogens with zero attached hydrogens (tertiary/aromatic N) is 1. The average molecular weight is 459 g/mol. The number of carboxylic acid groups (broad SMARTS) is 2. The standard InChI is InChI=1S/C18H29N5O9/c19-9(3-5-13(20)25)17(30)23-7-1-2-12(23)16(29)22-11(8-24)15(28)21-10(18(31)32)4-6-14(26)27/h9-12,24H,1-8,19H2,(H2,20,25)(H,21,28)(H,22,29)(H,26,27)(H,31,32). The van der Waals surface area contributed by atoms with Crippen LogP contribution in [-0.2, 0) is 28.8 Å². The summed E-state index contributed by atoms with van der Waals surface area (Å²) in [5, 5.41) is 31.6. The Kier molecular flexibility index (Phi) is 10.5. The molecule has 4 atom stereocenters. The number of aliphatic hydroxyl groups excluding tert-OH is 1. The lowest BCUT2D eigenvalue weighted by atomic mass is 10.1. The van der Waals surface area contributed by atoms with Gasteiger partial charge >= 0.3 is 11.9 Å². The van der Waals surface area contributed by atoms with E-state index < -0.39 is 79.2 Å². The van der Waals surface area contributed by atoms with Crippen molar-refractivity contribution >= 4 is 35.6 Å². The number of likely N-dealkylation sites (tertiary alicyclic amines) is 1. The maximum atomic E-state index is 12.7. The summed E-state index contributed by atoms with van der Waals surface area (Å²) in [5.41, 5.74) is 10.8. The number of carbonyl (C=O) groups excluding carboxylic acids is 4. The van der Waals surface area contributed by atoms with Crippen LogP contribution in [0, 0.1) is 0 Å². The van der Waals surface area contributed by atoms with Crippen molar-refractivity contribution in [2.45, 2.75) is 62.7 Å². The summed E-state index contributed by atoms with van der Waals surface area (Å²) in [5.74, 6) is -5.67. The van der Waals surface area contributed by atoms with E-state index in [2.05, 4.69) is 10.6 Å². The van der Waals surface area contributed by atoms with Crippen LogP contribution in [0.2, 0.25) is 0 Å². The Balaban J connectivity index is 2.76. The van der Waals surface area contributed by atoms with Gasteiger partial charge in [0, 0.05) is 19.4 Å². The molecule has 0 aromatic carbocycles. The first-order chi connectivity index (χ1) is 15.0. The Morgan fingerprint density at radius 1 is 1.00 bits per heavy atom. The van der Waals surface area contributed by atoms with E-state index in [-0.39, 0.29) is 25.8 Å². The van der Waals surface area contributed by atoms with Gasteiger partial charge in [0.15, 0.2) is 0 Å². The van der Waals surface area contributed by atoms with E-state index >= 15 is 0 Å². The van der Waals surface area contributed by atoms with Crippen LogP contribution >= 0.6 is 0 Å². The predicted molar refractivity (Wildman–Crippen MR) is 107 cm³/mol. The van der Waals surface area contributed by atoms with Gasteiger partial charge in [0.25, 0.3) is 0 Å². The van der Waals surface area contributed by atoms with Crippen LogP contribution in [-0.4, -0.2) is 93.1 Å². The molecule has 32 heavy (non-hydrogen) atoms. The highest BCUT2D eigenvalue weighted by Gasteiger charge is 2.37. The third-order valence-electron chi connectivity index (χ3n) is 4.93. The number of rotatable bonds is 13. The van der Waals surface area contributed by atoms with Crippen LogP contribution in [0.3, 0.4) is 0 Å². The van der Waals surface area contributed by atoms with Gasteiger partial charge in [0.2, 0.25) is 23.6 Å². The monoisotopic (exact) mass is 459 g/mol. The Morgan fingerprint density at radius 2 is 1.66 bits per heavy atom. The zero-order valence-corrected chi connectivity index (χ0v) is 17.4. The van der Waals surface area contributed by atoms with Gasteiger partial charge in [-0.1, -0.05) is 0 Å². The molecule has 0 saturated carbocycles. The van der Waals surface area contributed by atoms with Crippen molar-refractivity contribution in [1.82, 2.24) is 15.5 Å². The third-order valence-corrected chi connectivity index (χ3v) is 4.93. The topological polar surface area (TPSA) is 242 Å². The first-order valence-corrected chi connectivity index (χ1v) is 9.98. The van der Waals surface area contributed by atoms with Gasteiger partial charge < -0.3 is 42.3 Å². The van der Waals surface area contributed by atoms with E-state index in [1.165, 1.54) is 4.90 Å². The van der Waals surface area contributed by atoms with E-state index in [1.54, 1.807) is 0 Å². The molecule has 1 aliphatic rings. The summed E-state index contributed by atoms with van der Waals surface area (Å²) in [6.45, 7) is -0.630. The molecule has 0 radical (unpaired) electrons. The molecule has 0 bridgehead atoms. The highest BCUT2D eigenvalue weighted by atomic mass is 16.4. The summed E-state index contributed by atoms with van der Waals surface area (Å²) >= 11 is 0. The Labute approximate surface area is 183 Å². The zero-order chi connectivity index (χ0) is 24.4. The highest BCUT2D eigenvalue weighted by molar-refractivity contribution is 5.94. The van der Waals surface area contributed by atoms with Crippen LogP contribution in [0.5, 0.6) is 0 Å². The second kappa shape index (κ2) is 12.6. The smallest absolute Gasteiger partial charge is 0.326 e. The second-order valence-electron chi connectivity index (χ2n) is 7.38. The molecule has 0 aromatic heterocycles. The van der Waals surface area contributed by atoms with Crippen molar-refractivity contribution in [1.29, 1.82) is 0 Å². The van der Waals surface area contributed by atoms with E-state index in [0.717, 1.165) is 0 Å². The number of aliphatic hydroxyl groups is 1. The lowest BCUT2D eigenvalue weighted by Crippen LogP contribution is -2.57. The molecule has 1 heterocycles. The molecule has 4 unspecified atom stereocenters. The van der Waals surface area contributed by atoms with Gasteiger partial charge in [-0.25, -0.2) is 4.79 Å². The van der Waals surface area contributed by atoms with Crippen LogP contribution in [0.25, 0.3) is 0 Å². The average Bonchev–Trinajstić information content (AvgIpc) is 3.21. The summed E-state index contributed by atoms with van der Waals surface area (Å²) < 4.78 is 0. The molecular formula is C18H29N5O9. The molecule has 1 rings (SSSR count). The van der Waals surface area contributed by atoms with Gasteiger partial charge in [-0.3, -0.25) is 24.0 Å². The number of nitrogens with two attached hydrogens (primary N) is 2.